The van der Waals surface area contributed by atoms with Crippen LogP contribution < -0.4 is 10.1 Å². The van der Waals surface area contributed by atoms with Crippen molar-refractivity contribution in [2.75, 3.05) is 0 Å². The minimum Gasteiger partial charge on any atom is -0.490 e. The summed E-state index contributed by atoms with van der Waals surface area (Å²) in [6.07, 6.45) is 6.70. The number of benzene rings is 1. The van der Waals surface area contributed by atoms with Crippen molar-refractivity contribution in [3.8, 4) is 5.75 Å². The lowest BCUT2D eigenvalue weighted by Gasteiger charge is -2.32. The molecule has 0 spiro atoms. The van der Waals surface area contributed by atoms with Gasteiger partial charge in [-0.3, -0.25) is 0 Å². The first-order chi connectivity index (χ1) is 10.1. The fourth-order valence-electron chi connectivity index (χ4n) is 3.13. The van der Waals surface area contributed by atoms with Gasteiger partial charge in [-0.15, -0.1) is 0 Å². The predicted octanol–water partition coefficient (Wildman–Crippen LogP) is 4.90. The van der Waals surface area contributed by atoms with Gasteiger partial charge in [0.25, 0.3) is 0 Å². The Balaban J connectivity index is 1.65. The summed E-state index contributed by atoms with van der Waals surface area (Å²) < 4.78 is 7.48. The van der Waals surface area contributed by atoms with E-state index in [0.717, 1.165) is 34.6 Å². The van der Waals surface area contributed by atoms with Crippen LogP contribution in [0.3, 0.4) is 0 Å². The molecular weight excluding hydrogens is 326 g/mol. The van der Waals surface area contributed by atoms with E-state index in [0.29, 0.717) is 6.10 Å². The van der Waals surface area contributed by atoms with Gasteiger partial charge in [0.1, 0.15) is 5.75 Å². The predicted molar refractivity (Wildman–Crippen MR) is 90.6 cm³/mol. The third kappa shape index (κ3) is 4.23. The van der Waals surface area contributed by atoms with Crippen molar-refractivity contribution in [2.24, 2.45) is 11.8 Å². The minimum absolute atomic E-state index is 0.386. The first-order valence-electron chi connectivity index (χ1n) is 8.30. The SMILES string of the molecule is CC1CCC(Oc2ccc(Br)cc2CNC2CC2)CC1C. The van der Waals surface area contributed by atoms with E-state index in [1.807, 2.05) is 0 Å². The van der Waals surface area contributed by atoms with E-state index in [9.17, 15) is 0 Å². The van der Waals surface area contributed by atoms with Crippen molar-refractivity contribution in [3.63, 3.8) is 0 Å². The van der Waals surface area contributed by atoms with Gasteiger partial charge < -0.3 is 10.1 Å². The van der Waals surface area contributed by atoms with Gasteiger partial charge in [-0.05, 0) is 62.1 Å². The maximum absolute atomic E-state index is 6.35. The molecule has 2 saturated carbocycles. The van der Waals surface area contributed by atoms with Crippen LogP contribution in [0.1, 0.15) is 51.5 Å². The molecule has 21 heavy (non-hydrogen) atoms. The summed E-state index contributed by atoms with van der Waals surface area (Å²) in [7, 11) is 0. The molecule has 3 rings (SSSR count). The summed E-state index contributed by atoms with van der Waals surface area (Å²) >= 11 is 3.58. The molecule has 1 aromatic carbocycles. The fraction of sp³-hybridized carbons (Fsp3) is 0.667. The highest BCUT2D eigenvalue weighted by Crippen LogP contribution is 2.33. The molecule has 0 aliphatic heterocycles. The van der Waals surface area contributed by atoms with Crippen LogP contribution >= 0.6 is 15.9 Å². The Labute approximate surface area is 136 Å². The van der Waals surface area contributed by atoms with Gasteiger partial charge in [0, 0.05) is 22.6 Å². The summed E-state index contributed by atoms with van der Waals surface area (Å²) in [4.78, 5) is 0. The molecular formula is C18H26BrNO. The third-order valence-electron chi connectivity index (χ3n) is 5.02. The van der Waals surface area contributed by atoms with E-state index in [-0.39, 0.29) is 0 Å². The monoisotopic (exact) mass is 351 g/mol. The Bertz CT molecular complexity index is 486. The van der Waals surface area contributed by atoms with Crippen LogP contribution in [0.15, 0.2) is 22.7 Å². The first-order valence-corrected chi connectivity index (χ1v) is 9.09. The topological polar surface area (TPSA) is 21.3 Å². The molecule has 116 valence electrons. The second-order valence-corrected chi connectivity index (χ2v) is 7.83. The molecule has 0 bridgehead atoms. The second kappa shape index (κ2) is 6.70. The molecule has 2 fully saturated rings. The Kier molecular flexibility index (Phi) is 4.90. The van der Waals surface area contributed by atoms with E-state index in [2.05, 4.69) is 53.3 Å². The van der Waals surface area contributed by atoms with Crippen molar-refractivity contribution in [2.45, 2.75) is 64.6 Å². The van der Waals surface area contributed by atoms with E-state index in [1.165, 1.54) is 37.7 Å². The highest BCUT2D eigenvalue weighted by Gasteiger charge is 2.26. The van der Waals surface area contributed by atoms with Gasteiger partial charge in [-0.2, -0.15) is 0 Å². The lowest BCUT2D eigenvalue weighted by molar-refractivity contribution is 0.0995. The number of ether oxygens (including phenoxy) is 1. The van der Waals surface area contributed by atoms with Gasteiger partial charge in [0.2, 0.25) is 0 Å². The normalized spacial score (nSPS) is 29.4. The fourth-order valence-corrected chi connectivity index (χ4v) is 3.54. The molecule has 0 saturated heterocycles. The maximum atomic E-state index is 6.35. The van der Waals surface area contributed by atoms with Gasteiger partial charge in [-0.1, -0.05) is 29.8 Å². The molecule has 2 nitrogen and oxygen atoms in total. The summed E-state index contributed by atoms with van der Waals surface area (Å²) in [6, 6.07) is 7.13. The van der Waals surface area contributed by atoms with Crippen LogP contribution in [-0.4, -0.2) is 12.1 Å². The number of hydrogen-bond donors (Lipinski definition) is 1. The molecule has 1 aromatic rings. The Morgan fingerprint density at radius 1 is 1.14 bits per heavy atom. The molecule has 3 heteroatoms. The van der Waals surface area contributed by atoms with E-state index in [4.69, 9.17) is 4.74 Å². The van der Waals surface area contributed by atoms with Gasteiger partial charge in [0.05, 0.1) is 6.10 Å². The molecule has 0 heterocycles. The molecule has 1 N–H and O–H groups in total. The summed E-state index contributed by atoms with van der Waals surface area (Å²) in [6.45, 7) is 5.64. The zero-order valence-corrected chi connectivity index (χ0v) is 14.7. The van der Waals surface area contributed by atoms with Crippen LogP contribution in [-0.2, 0) is 6.54 Å². The molecule has 2 aliphatic carbocycles. The summed E-state index contributed by atoms with van der Waals surface area (Å²) in [5.41, 5.74) is 1.28. The molecule has 0 radical (unpaired) electrons. The van der Waals surface area contributed by atoms with Crippen molar-refractivity contribution < 1.29 is 4.74 Å². The van der Waals surface area contributed by atoms with Crippen LogP contribution in [0, 0.1) is 11.8 Å². The van der Waals surface area contributed by atoms with E-state index in [1.54, 1.807) is 0 Å². The zero-order chi connectivity index (χ0) is 14.8. The van der Waals surface area contributed by atoms with Gasteiger partial charge in [0.15, 0.2) is 0 Å². The minimum atomic E-state index is 0.386. The maximum Gasteiger partial charge on any atom is 0.124 e. The number of nitrogens with one attached hydrogen (secondary N) is 1. The molecule has 2 aliphatic rings. The van der Waals surface area contributed by atoms with Crippen molar-refractivity contribution in [1.82, 2.24) is 5.32 Å². The second-order valence-electron chi connectivity index (χ2n) is 6.91. The Hall–Kier alpha value is -0.540. The zero-order valence-electron chi connectivity index (χ0n) is 13.1. The summed E-state index contributed by atoms with van der Waals surface area (Å²) in [5.74, 6) is 2.68. The van der Waals surface area contributed by atoms with Crippen LogP contribution in [0.4, 0.5) is 0 Å². The number of rotatable bonds is 5. The van der Waals surface area contributed by atoms with Crippen LogP contribution in [0.2, 0.25) is 0 Å². The average Bonchev–Trinajstić information content (AvgIpc) is 3.27. The highest BCUT2D eigenvalue weighted by atomic mass is 79.9. The van der Waals surface area contributed by atoms with Gasteiger partial charge in [-0.25, -0.2) is 0 Å². The van der Waals surface area contributed by atoms with E-state index < -0.39 is 0 Å². The van der Waals surface area contributed by atoms with Gasteiger partial charge >= 0.3 is 0 Å². The smallest absolute Gasteiger partial charge is 0.124 e. The Morgan fingerprint density at radius 2 is 1.95 bits per heavy atom. The quantitative estimate of drug-likeness (QED) is 0.813. The van der Waals surface area contributed by atoms with Crippen molar-refractivity contribution in [1.29, 1.82) is 0 Å². The summed E-state index contributed by atoms with van der Waals surface area (Å²) in [5, 5.41) is 3.59. The molecule has 3 atom stereocenters. The largest absolute Gasteiger partial charge is 0.490 e. The first kappa shape index (κ1) is 15.4. The van der Waals surface area contributed by atoms with Crippen LogP contribution in [0.25, 0.3) is 0 Å². The third-order valence-corrected chi connectivity index (χ3v) is 5.52. The Morgan fingerprint density at radius 3 is 2.67 bits per heavy atom. The molecule has 0 aromatic heterocycles. The highest BCUT2D eigenvalue weighted by molar-refractivity contribution is 9.10. The lowest BCUT2D eigenvalue weighted by Crippen LogP contribution is -2.29. The standard InChI is InChI=1S/C18H26BrNO/c1-12-3-7-17(9-13(12)2)21-18-8-4-15(19)10-14(18)11-20-16-5-6-16/h4,8,10,12-13,16-17,20H,3,5-7,9,11H2,1-2H3. The average molecular weight is 352 g/mol. The number of hydrogen-bond acceptors (Lipinski definition) is 2. The van der Waals surface area contributed by atoms with Crippen molar-refractivity contribution in [3.05, 3.63) is 28.2 Å². The van der Waals surface area contributed by atoms with E-state index >= 15 is 0 Å². The van der Waals surface area contributed by atoms with Crippen molar-refractivity contribution >= 4 is 15.9 Å². The molecule has 0 amide bonds. The van der Waals surface area contributed by atoms with Crippen LogP contribution in [0.5, 0.6) is 5.75 Å². The number of halogens is 1. The molecule has 3 unspecified atom stereocenters. The lowest BCUT2D eigenvalue weighted by atomic mass is 9.80.